The van der Waals surface area contributed by atoms with E-state index in [1.807, 2.05) is 0 Å². The molecule has 0 aliphatic carbocycles. The van der Waals surface area contributed by atoms with Gasteiger partial charge in [-0.3, -0.25) is 29.7 Å². The summed E-state index contributed by atoms with van der Waals surface area (Å²) in [4.78, 5) is 32.6. The van der Waals surface area contributed by atoms with Crippen molar-refractivity contribution in [2.75, 3.05) is 11.9 Å². The number of hydrogen-bond acceptors (Lipinski definition) is 7. The molecule has 2 aromatic rings. The van der Waals surface area contributed by atoms with Gasteiger partial charge >= 0.3 is 5.69 Å². The molecule has 1 aromatic heterocycles. The predicted octanol–water partition coefficient (Wildman–Crippen LogP) is 2.62. The first-order valence-corrected chi connectivity index (χ1v) is 7.84. The van der Waals surface area contributed by atoms with Gasteiger partial charge in [-0.05, 0) is 0 Å². The second-order valence-electron chi connectivity index (χ2n) is 5.74. The lowest BCUT2D eigenvalue weighted by molar-refractivity contribution is -0.385. The molecule has 1 atom stereocenters. The third-order valence-electron chi connectivity index (χ3n) is 3.48. The Kier molecular flexibility index (Phi) is 6.52. The highest BCUT2D eigenvalue weighted by Gasteiger charge is 2.19. The summed E-state index contributed by atoms with van der Waals surface area (Å²) < 4.78 is 30.5. The maximum absolute atomic E-state index is 12.3. The molecule has 0 aliphatic heterocycles. The second-order valence-corrected chi connectivity index (χ2v) is 5.74. The quantitative estimate of drug-likeness (QED) is 0.504. The lowest BCUT2D eigenvalue weighted by Crippen LogP contribution is -2.24. The van der Waals surface area contributed by atoms with Crippen LogP contribution in [0, 0.1) is 26.1 Å². The summed E-state index contributed by atoms with van der Waals surface area (Å²) in [6.45, 7) is 0.584. The number of carbonyl (C=O) groups is 1. The zero-order chi connectivity index (χ0) is 20.8. The van der Waals surface area contributed by atoms with Crippen molar-refractivity contribution < 1.29 is 28.2 Å². The number of ether oxygens (including phenoxy) is 1. The van der Waals surface area contributed by atoms with Crippen LogP contribution in [0.1, 0.15) is 6.92 Å². The van der Waals surface area contributed by atoms with Crippen LogP contribution in [0.2, 0.25) is 0 Å². The fourth-order valence-electron chi connectivity index (χ4n) is 2.18. The SMILES string of the molecule is CC(Cn1cc([N+](=O)[O-])cn1)C(=O)Nc1cc(OCC(F)F)cc([N+](=O)[O-])c1. The minimum atomic E-state index is -2.77. The van der Waals surface area contributed by atoms with Crippen LogP contribution in [0.25, 0.3) is 0 Å². The molecule has 11 nitrogen and oxygen atoms in total. The third-order valence-corrected chi connectivity index (χ3v) is 3.48. The Bertz CT molecular complexity index is 888. The molecule has 1 heterocycles. The number of hydrogen-bond donors (Lipinski definition) is 1. The third kappa shape index (κ3) is 5.69. The lowest BCUT2D eigenvalue weighted by atomic mass is 10.1. The molecule has 13 heteroatoms. The first-order chi connectivity index (χ1) is 13.2. The van der Waals surface area contributed by atoms with E-state index in [9.17, 15) is 33.8 Å². The Hall–Kier alpha value is -3.64. The highest BCUT2D eigenvalue weighted by molar-refractivity contribution is 5.92. The normalized spacial score (nSPS) is 11.9. The molecule has 0 saturated heterocycles. The largest absolute Gasteiger partial charge is 0.487 e. The monoisotopic (exact) mass is 399 g/mol. The van der Waals surface area contributed by atoms with Crippen molar-refractivity contribution in [1.29, 1.82) is 0 Å². The van der Waals surface area contributed by atoms with E-state index in [1.54, 1.807) is 0 Å². The first-order valence-electron chi connectivity index (χ1n) is 7.84. The number of nitrogens with zero attached hydrogens (tertiary/aromatic N) is 4. The number of benzene rings is 1. The maximum atomic E-state index is 12.3. The van der Waals surface area contributed by atoms with Gasteiger partial charge in [0, 0.05) is 12.1 Å². The van der Waals surface area contributed by atoms with E-state index in [4.69, 9.17) is 4.74 Å². The Morgan fingerprint density at radius 2 is 1.93 bits per heavy atom. The van der Waals surface area contributed by atoms with Crippen LogP contribution in [0.15, 0.2) is 30.6 Å². The zero-order valence-electron chi connectivity index (χ0n) is 14.4. The molecule has 0 radical (unpaired) electrons. The number of alkyl halides is 2. The van der Waals surface area contributed by atoms with E-state index in [2.05, 4.69) is 10.4 Å². The average Bonchev–Trinajstić information content (AvgIpc) is 3.08. The molecular formula is C15H15F2N5O6. The Morgan fingerprint density at radius 3 is 2.50 bits per heavy atom. The molecule has 1 N–H and O–H groups in total. The second kappa shape index (κ2) is 8.83. The minimum absolute atomic E-state index is 0.0123. The molecule has 1 unspecified atom stereocenters. The number of rotatable bonds is 9. The van der Waals surface area contributed by atoms with Gasteiger partial charge in [0.1, 0.15) is 24.8 Å². The summed E-state index contributed by atoms with van der Waals surface area (Å²) in [5.74, 6) is -1.46. The summed E-state index contributed by atoms with van der Waals surface area (Å²) in [5.41, 5.74) is -0.689. The van der Waals surface area contributed by atoms with Crippen molar-refractivity contribution in [3.05, 3.63) is 50.8 Å². The van der Waals surface area contributed by atoms with Crippen LogP contribution in [0.4, 0.5) is 25.8 Å². The number of halogens is 2. The lowest BCUT2D eigenvalue weighted by Gasteiger charge is -2.13. The molecule has 150 valence electrons. The van der Waals surface area contributed by atoms with E-state index in [0.717, 1.165) is 24.5 Å². The summed E-state index contributed by atoms with van der Waals surface area (Å²) in [6.07, 6.45) is -0.568. The molecule has 0 bridgehead atoms. The molecule has 28 heavy (non-hydrogen) atoms. The molecule has 2 rings (SSSR count). The van der Waals surface area contributed by atoms with Gasteiger partial charge in [-0.1, -0.05) is 6.92 Å². The van der Waals surface area contributed by atoms with Crippen LogP contribution in [0.5, 0.6) is 5.75 Å². The van der Waals surface area contributed by atoms with Crippen molar-refractivity contribution in [3.63, 3.8) is 0 Å². The Morgan fingerprint density at radius 1 is 1.25 bits per heavy atom. The number of carbonyl (C=O) groups excluding carboxylic acids is 1. The zero-order valence-corrected chi connectivity index (χ0v) is 14.4. The van der Waals surface area contributed by atoms with E-state index in [0.29, 0.717) is 0 Å². The molecule has 1 aromatic carbocycles. The Balaban J connectivity index is 2.09. The van der Waals surface area contributed by atoms with Crippen molar-refractivity contribution in [2.24, 2.45) is 5.92 Å². The van der Waals surface area contributed by atoms with Gasteiger partial charge in [0.05, 0.1) is 34.1 Å². The minimum Gasteiger partial charge on any atom is -0.487 e. The topological polar surface area (TPSA) is 142 Å². The summed E-state index contributed by atoms with van der Waals surface area (Å²) >= 11 is 0. The van der Waals surface area contributed by atoms with Crippen molar-refractivity contribution in [1.82, 2.24) is 9.78 Å². The number of nitro benzene ring substituents is 1. The van der Waals surface area contributed by atoms with Crippen LogP contribution in [0.3, 0.4) is 0 Å². The van der Waals surface area contributed by atoms with E-state index >= 15 is 0 Å². The number of aromatic nitrogens is 2. The van der Waals surface area contributed by atoms with Gasteiger partial charge in [0.25, 0.3) is 12.1 Å². The number of nitrogens with one attached hydrogen (secondary N) is 1. The van der Waals surface area contributed by atoms with Crippen LogP contribution < -0.4 is 10.1 Å². The van der Waals surface area contributed by atoms with E-state index < -0.39 is 40.4 Å². The van der Waals surface area contributed by atoms with Crippen LogP contribution in [-0.4, -0.2) is 38.6 Å². The smallest absolute Gasteiger partial charge is 0.306 e. The van der Waals surface area contributed by atoms with Crippen LogP contribution >= 0.6 is 0 Å². The highest BCUT2D eigenvalue weighted by atomic mass is 19.3. The van der Waals surface area contributed by atoms with Gasteiger partial charge in [-0.2, -0.15) is 5.10 Å². The average molecular weight is 399 g/mol. The Labute approximate surface area is 156 Å². The standard InChI is InChI=1S/C15H15F2N5O6/c1-9(6-20-7-12(5-18-20)22(26)27)15(23)19-10-2-11(21(24)25)4-13(3-10)28-8-14(16)17/h2-5,7,9,14H,6,8H2,1H3,(H,19,23). The molecule has 0 aliphatic rings. The molecule has 1 amide bonds. The van der Waals surface area contributed by atoms with Crippen molar-refractivity contribution in [3.8, 4) is 5.75 Å². The van der Waals surface area contributed by atoms with Crippen molar-refractivity contribution >= 4 is 23.0 Å². The summed E-state index contributed by atoms with van der Waals surface area (Å²) in [7, 11) is 0. The van der Waals surface area contributed by atoms with E-state index in [-0.39, 0.29) is 23.7 Å². The van der Waals surface area contributed by atoms with Gasteiger partial charge < -0.3 is 10.1 Å². The molecular weight excluding hydrogens is 384 g/mol. The number of non-ortho nitro benzene ring substituents is 1. The van der Waals surface area contributed by atoms with Crippen LogP contribution in [-0.2, 0) is 11.3 Å². The van der Waals surface area contributed by atoms with Crippen molar-refractivity contribution in [2.45, 2.75) is 19.9 Å². The number of amides is 1. The summed E-state index contributed by atoms with van der Waals surface area (Å²) in [5, 5.41) is 27.8. The molecule has 0 fully saturated rings. The fourth-order valence-corrected chi connectivity index (χ4v) is 2.18. The van der Waals surface area contributed by atoms with Gasteiger partial charge in [0.15, 0.2) is 0 Å². The molecule has 0 spiro atoms. The van der Waals surface area contributed by atoms with E-state index in [1.165, 1.54) is 17.7 Å². The summed E-state index contributed by atoms with van der Waals surface area (Å²) in [6, 6.07) is 3.20. The number of anilines is 1. The first kappa shape index (κ1) is 20.7. The van der Waals surface area contributed by atoms with Gasteiger partial charge in [-0.25, -0.2) is 8.78 Å². The van der Waals surface area contributed by atoms with Gasteiger partial charge in [0.2, 0.25) is 5.91 Å². The maximum Gasteiger partial charge on any atom is 0.306 e. The van der Waals surface area contributed by atoms with Gasteiger partial charge in [-0.15, -0.1) is 0 Å². The molecule has 0 saturated carbocycles. The fraction of sp³-hybridized carbons (Fsp3) is 0.333. The highest BCUT2D eigenvalue weighted by Crippen LogP contribution is 2.27. The number of nitro groups is 2. The predicted molar refractivity (Wildman–Crippen MR) is 91.3 cm³/mol.